The quantitative estimate of drug-likeness (QED) is 0.485. The van der Waals surface area contributed by atoms with E-state index in [2.05, 4.69) is 20.9 Å². The standard InChI is InChI=1S/C20H23ClN4O5/c1-30-20(29)15(9-12-5-3-7-22-18(12)27)24-16(26)10-23-19(28)14-8-11-4-2-6-13(21)17(11)25-14/h2,4,6,8,12,15,25H,3,5,7,9-10H2,1H3,(H,22,27)(H,23,28)(H,24,26). The van der Waals surface area contributed by atoms with E-state index in [9.17, 15) is 19.2 Å². The average molecular weight is 435 g/mol. The Labute approximate surface area is 177 Å². The zero-order valence-corrected chi connectivity index (χ0v) is 17.2. The first-order valence-electron chi connectivity index (χ1n) is 9.59. The minimum Gasteiger partial charge on any atom is -0.467 e. The van der Waals surface area contributed by atoms with Gasteiger partial charge in [0.2, 0.25) is 11.8 Å². The second kappa shape index (κ2) is 9.62. The molecule has 1 aromatic carbocycles. The fourth-order valence-electron chi connectivity index (χ4n) is 3.44. The van der Waals surface area contributed by atoms with Crippen LogP contribution in [-0.4, -0.2) is 54.9 Å². The third-order valence-corrected chi connectivity index (χ3v) is 5.31. The highest BCUT2D eigenvalue weighted by atomic mass is 35.5. The molecule has 0 aliphatic carbocycles. The molecule has 2 atom stereocenters. The molecule has 1 saturated heterocycles. The van der Waals surface area contributed by atoms with Crippen molar-refractivity contribution in [3.05, 3.63) is 35.0 Å². The number of hydrogen-bond donors (Lipinski definition) is 4. The molecule has 2 heterocycles. The molecule has 1 aliphatic rings. The molecule has 9 nitrogen and oxygen atoms in total. The first-order chi connectivity index (χ1) is 14.4. The first kappa shape index (κ1) is 21.6. The van der Waals surface area contributed by atoms with Crippen LogP contribution in [0, 0.1) is 5.92 Å². The van der Waals surface area contributed by atoms with Gasteiger partial charge in [-0.3, -0.25) is 14.4 Å². The van der Waals surface area contributed by atoms with Crippen LogP contribution in [0.1, 0.15) is 29.8 Å². The van der Waals surface area contributed by atoms with E-state index in [4.69, 9.17) is 16.3 Å². The van der Waals surface area contributed by atoms with Crippen LogP contribution in [-0.2, 0) is 19.1 Å². The second-order valence-electron chi connectivity index (χ2n) is 7.08. The lowest BCUT2D eigenvalue weighted by molar-refractivity contribution is -0.146. The Morgan fingerprint density at radius 3 is 2.83 bits per heavy atom. The predicted molar refractivity (Wildman–Crippen MR) is 110 cm³/mol. The monoisotopic (exact) mass is 434 g/mol. The maximum Gasteiger partial charge on any atom is 0.328 e. The highest BCUT2D eigenvalue weighted by Gasteiger charge is 2.30. The van der Waals surface area contributed by atoms with Gasteiger partial charge in [-0.05, 0) is 31.4 Å². The molecule has 1 aromatic heterocycles. The fraction of sp³-hybridized carbons (Fsp3) is 0.400. The van der Waals surface area contributed by atoms with Gasteiger partial charge < -0.3 is 25.7 Å². The van der Waals surface area contributed by atoms with Gasteiger partial charge in [0.05, 0.1) is 24.2 Å². The number of ether oxygens (including phenoxy) is 1. The summed E-state index contributed by atoms with van der Waals surface area (Å²) in [5, 5.41) is 9.04. The van der Waals surface area contributed by atoms with Gasteiger partial charge >= 0.3 is 5.97 Å². The van der Waals surface area contributed by atoms with Crippen LogP contribution in [0.4, 0.5) is 0 Å². The van der Waals surface area contributed by atoms with Crippen molar-refractivity contribution in [1.82, 2.24) is 20.9 Å². The number of carbonyl (C=O) groups excluding carboxylic acids is 4. The van der Waals surface area contributed by atoms with Crippen LogP contribution in [0.5, 0.6) is 0 Å². The third-order valence-electron chi connectivity index (χ3n) is 5.00. The van der Waals surface area contributed by atoms with Crippen molar-refractivity contribution in [2.75, 3.05) is 20.2 Å². The Hall–Kier alpha value is -3.07. The number of aromatic nitrogens is 1. The maximum absolute atomic E-state index is 12.4. The summed E-state index contributed by atoms with van der Waals surface area (Å²) >= 11 is 6.09. The van der Waals surface area contributed by atoms with Crippen molar-refractivity contribution in [3.8, 4) is 0 Å². The van der Waals surface area contributed by atoms with Gasteiger partial charge in [0.1, 0.15) is 11.7 Å². The number of hydrogen-bond acceptors (Lipinski definition) is 5. The number of nitrogens with one attached hydrogen (secondary N) is 4. The molecule has 3 rings (SSSR count). The van der Waals surface area contributed by atoms with E-state index in [0.717, 1.165) is 11.8 Å². The molecule has 0 saturated carbocycles. The van der Waals surface area contributed by atoms with E-state index in [1.54, 1.807) is 18.2 Å². The van der Waals surface area contributed by atoms with Crippen LogP contribution < -0.4 is 16.0 Å². The van der Waals surface area contributed by atoms with E-state index in [1.165, 1.54) is 7.11 Å². The summed E-state index contributed by atoms with van der Waals surface area (Å²) in [7, 11) is 1.21. The van der Waals surface area contributed by atoms with E-state index in [-0.39, 0.29) is 30.5 Å². The Bertz CT molecular complexity index is 973. The van der Waals surface area contributed by atoms with Gasteiger partial charge in [-0.15, -0.1) is 0 Å². The second-order valence-corrected chi connectivity index (χ2v) is 7.49. The summed E-state index contributed by atoms with van der Waals surface area (Å²) < 4.78 is 4.74. The molecule has 160 valence electrons. The summed E-state index contributed by atoms with van der Waals surface area (Å²) in [4.78, 5) is 51.6. The molecular weight excluding hydrogens is 412 g/mol. The molecule has 0 bridgehead atoms. The summed E-state index contributed by atoms with van der Waals surface area (Å²) in [6.45, 7) is 0.266. The number of para-hydroxylation sites is 1. The molecule has 3 amide bonds. The van der Waals surface area contributed by atoms with Crippen LogP contribution in [0.3, 0.4) is 0 Å². The highest BCUT2D eigenvalue weighted by Crippen LogP contribution is 2.23. The normalized spacial score (nSPS) is 17.1. The van der Waals surface area contributed by atoms with E-state index in [0.29, 0.717) is 23.5 Å². The van der Waals surface area contributed by atoms with Gasteiger partial charge in [0, 0.05) is 17.8 Å². The molecule has 1 fully saturated rings. The lowest BCUT2D eigenvalue weighted by atomic mass is 9.91. The lowest BCUT2D eigenvalue weighted by Gasteiger charge is -2.25. The van der Waals surface area contributed by atoms with E-state index in [1.807, 2.05) is 6.07 Å². The van der Waals surface area contributed by atoms with E-state index >= 15 is 0 Å². The molecule has 1 aliphatic heterocycles. The number of piperidine rings is 1. The number of methoxy groups -OCH3 is 1. The lowest BCUT2D eigenvalue weighted by Crippen LogP contribution is -2.48. The molecule has 2 unspecified atom stereocenters. The van der Waals surface area contributed by atoms with Crippen molar-refractivity contribution in [3.63, 3.8) is 0 Å². The number of benzene rings is 1. The number of H-pyrrole nitrogens is 1. The minimum absolute atomic E-state index is 0.138. The van der Waals surface area contributed by atoms with Crippen molar-refractivity contribution >= 4 is 46.2 Å². The van der Waals surface area contributed by atoms with Crippen LogP contribution in [0.25, 0.3) is 10.9 Å². The van der Waals surface area contributed by atoms with Crippen molar-refractivity contribution in [2.24, 2.45) is 5.92 Å². The molecule has 10 heteroatoms. The van der Waals surface area contributed by atoms with Crippen molar-refractivity contribution < 1.29 is 23.9 Å². The Morgan fingerprint density at radius 1 is 1.33 bits per heavy atom. The third kappa shape index (κ3) is 5.10. The average Bonchev–Trinajstić information content (AvgIpc) is 3.18. The van der Waals surface area contributed by atoms with Crippen LogP contribution in [0.2, 0.25) is 5.02 Å². The summed E-state index contributed by atoms with van der Waals surface area (Å²) in [6.07, 6.45) is 1.58. The summed E-state index contributed by atoms with van der Waals surface area (Å²) in [5.74, 6) is -2.22. The molecular formula is C20H23ClN4O5. The molecule has 2 aromatic rings. The Morgan fingerprint density at radius 2 is 2.13 bits per heavy atom. The Balaban J connectivity index is 1.57. The minimum atomic E-state index is -0.972. The van der Waals surface area contributed by atoms with Gasteiger partial charge in [-0.25, -0.2) is 4.79 Å². The van der Waals surface area contributed by atoms with E-state index < -0.39 is 23.8 Å². The molecule has 0 spiro atoms. The summed E-state index contributed by atoms with van der Waals surface area (Å²) in [5.41, 5.74) is 0.888. The van der Waals surface area contributed by atoms with Gasteiger partial charge in [-0.1, -0.05) is 23.7 Å². The largest absolute Gasteiger partial charge is 0.467 e. The zero-order valence-electron chi connectivity index (χ0n) is 16.4. The SMILES string of the molecule is COC(=O)C(CC1CCCNC1=O)NC(=O)CNC(=O)c1cc2cccc(Cl)c2[nH]1. The summed E-state index contributed by atoms with van der Waals surface area (Å²) in [6, 6.07) is 5.94. The first-order valence-corrected chi connectivity index (χ1v) is 9.97. The van der Waals surface area contributed by atoms with Gasteiger partial charge in [0.25, 0.3) is 5.91 Å². The van der Waals surface area contributed by atoms with Crippen molar-refractivity contribution in [2.45, 2.75) is 25.3 Å². The zero-order chi connectivity index (χ0) is 21.7. The number of carbonyl (C=O) groups is 4. The molecule has 4 N–H and O–H groups in total. The maximum atomic E-state index is 12.4. The number of amides is 3. The smallest absolute Gasteiger partial charge is 0.328 e. The number of esters is 1. The topological polar surface area (TPSA) is 129 Å². The van der Waals surface area contributed by atoms with Crippen LogP contribution >= 0.6 is 11.6 Å². The number of fused-ring (bicyclic) bond motifs is 1. The fourth-order valence-corrected chi connectivity index (χ4v) is 3.67. The number of rotatable bonds is 7. The van der Waals surface area contributed by atoms with Crippen LogP contribution in [0.15, 0.2) is 24.3 Å². The van der Waals surface area contributed by atoms with Crippen molar-refractivity contribution in [1.29, 1.82) is 0 Å². The predicted octanol–water partition coefficient (Wildman–Crippen LogP) is 1.13. The van der Waals surface area contributed by atoms with Gasteiger partial charge in [-0.2, -0.15) is 0 Å². The highest BCUT2D eigenvalue weighted by molar-refractivity contribution is 6.35. The van der Waals surface area contributed by atoms with Gasteiger partial charge in [0.15, 0.2) is 0 Å². The molecule has 0 radical (unpaired) electrons. The Kier molecular flexibility index (Phi) is 6.94. The molecule has 30 heavy (non-hydrogen) atoms. The number of aromatic amines is 1. The number of halogens is 1.